The third-order valence-electron chi connectivity index (χ3n) is 2.85. The van der Waals surface area contributed by atoms with Gasteiger partial charge in [0.1, 0.15) is 0 Å². The Kier molecular flexibility index (Phi) is 2.95. The van der Waals surface area contributed by atoms with Gasteiger partial charge >= 0.3 is 0 Å². The highest BCUT2D eigenvalue weighted by Crippen LogP contribution is 2.26. The number of aromatic nitrogens is 1. The Morgan fingerprint density at radius 2 is 1.94 bits per heavy atom. The fourth-order valence-corrected chi connectivity index (χ4v) is 1.99. The maximum Gasteiger partial charge on any atom is 0.0743 e. The van der Waals surface area contributed by atoms with Gasteiger partial charge in [0.05, 0.1) is 5.52 Å². The van der Waals surface area contributed by atoms with Gasteiger partial charge in [0.25, 0.3) is 0 Å². The van der Waals surface area contributed by atoms with Gasteiger partial charge in [0.2, 0.25) is 0 Å². The van der Waals surface area contributed by atoms with Gasteiger partial charge in [-0.3, -0.25) is 4.98 Å². The number of hydrogen-bond donors (Lipinski definition) is 1. The zero-order valence-electron chi connectivity index (χ0n) is 9.77. The number of hydrogen-bond acceptors (Lipinski definition) is 3. The van der Waals surface area contributed by atoms with Crippen molar-refractivity contribution >= 4 is 22.3 Å². The van der Waals surface area contributed by atoms with Gasteiger partial charge in [-0.25, -0.2) is 0 Å². The summed E-state index contributed by atoms with van der Waals surface area (Å²) in [4.78, 5) is 6.67. The van der Waals surface area contributed by atoms with Gasteiger partial charge in [0, 0.05) is 36.0 Å². The summed E-state index contributed by atoms with van der Waals surface area (Å²) in [6.45, 7) is 6.32. The van der Waals surface area contributed by atoms with Crippen LogP contribution in [0.25, 0.3) is 10.9 Å². The molecule has 16 heavy (non-hydrogen) atoms. The predicted octanol–water partition coefficient (Wildman–Crippen LogP) is 2.66. The molecule has 0 fully saturated rings. The number of nitrogen functional groups attached to an aromatic ring is 1. The Labute approximate surface area is 95.9 Å². The highest BCUT2D eigenvalue weighted by molar-refractivity contribution is 5.93. The monoisotopic (exact) mass is 215 g/mol. The molecule has 1 aromatic heterocycles. The van der Waals surface area contributed by atoms with Crippen LogP contribution in [0.2, 0.25) is 0 Å². The minimum Gasteiger partial charge on any atom is -0.399 e. The Bertz CT molecular complexity index is 490. The summed E-state index contributed by atoms with van der Waals surface area (Å²) in [7, 11) is 0. The van der Waals surface area contributed by atoms with Crippen LogP contribution in [0.15, 0.2) is 30.5 Å². The number of rotatable bonds is 3. The fraction of sp³-hybridized carbons (Fsp3) is 0.308. The zero-order valence-corrected chi connectivity index (χ0v) is 9.77. The number of anilines is 2. The molecule has 3 heteroatoms. The number of nitrogens with zero attached hydrogens (tertiary/aromatic N) is 2. The minimum atomic E-state index is 0.761. The fourth-order valence-electron chi connectivity index (χ4n) is 1.99. The highest BCUT2D eigenvalue weighted by atomic mass is 15.1. The quantitative estimate of drug-likeness (QED) is 0.800. The van der Waals surface area contributed by atoms with Crippen LogP contribution in [0.5, 0.6) is 0 Å². The third kappa shape index (κ3) is 1.81. The van der Waals surface area contributed by atoms with Gasteiger partial charge in [-0.05, 0) is 38.1 Å². The topological polar surface area (TPSA) is 42.2 Å². The van der Waals surface area contributed by atoms with Crippen LogP contribution in [-0.4, -0.2) is 18.1 Å². The summed E-state index contributed by atoms with van der Waals surface area (Å²) in [5.41, 5.74) is 8.72. The summed E-state index contributed by atoms with van der Waals surface area (Å²) in [6.07, 6.45) is 1.84. The van der Waals surface area contributed by atoms with Crippen LogP contribution in [0.1, 0.15) is 13.8 Å². The molecule has 0 unspecified atom stereocenters. The number of pyridine rings is 1. The normalized spacial score (nSPS) is 10.6. The van der Waals surface area contributed by atoms with E-state index in [0.717, 1.165) is 24.3 Å². The molecule has 84 valence electrons. The second kappa shape index (κ2) is 4.39. The summed E-state index contributed by atoms with van der Waals surface area (Å²) in [5, 5.41) is 1.17. The average molecular weight is 215 g/mol. The molecule has 0 radical (unpaired) electrons. The summed E-state index contributed by atoms with van der Waals surface area (Å²) in [6, 6.07) is 7.95. The molecule has 0 amide bonds. The second-order valence-corrected chi connectivity index (χ2v) is 3.78. The Morgan fingerprint density at radius 3 is 2.62 bits per heavy atom. The van der Waals surface area contributed by atoms with Crippen molar-refractivity contribution in [3.8, 4) is 0 Å². The lowest BCUT2D eigenvalue weighted by molar-refractivity contribution is 0.870. The van der Waals surface area contributed by atoms with Crippen molar-refractivity contribution in [3.05, 3.63) is 30.5 Å². The van der Waals surface area contributed by atoms with Crippen molar-refractivity contribution in [3.63, 3.8) is 0 Å². The lowest BCUT2D eigenvalue weighted by Crippen LogP contribution is -2.22. The first-order valence-corrected chi connectivity index (χ1v) is 5.65. The molecular formula is C13H17N3. The third-order valence-corrected chi connectivity index (χ3v) is 2.85. The van der Waals surface area contributed by atoms with Gasteiger partial charge in [-0.2, -0.15) is 0 Å². The highest BCUT2D eigenvalue weighted by Gasteiger charge is 2.07. The Morgan fingerprint density at radius 1 is 1.19 bits per heavy atom. The van der Waals surface area contributed by atoms with Crippen LogP contribution in [0, 0.1) is 0 Å². The van der Waals surface area contributed by atoms with E-state index in [-0.39, 0.29) is 0 Å². The summed E-state index contributed by atoms with van der Waals surface area (Å²) < 4.78 is 0. The van der Waals surface area contributed by atoms with Crippen molar-refractivity contribution < 1.29 is 0 Å². The van der Waals surface area contributed by atoms with E-state index in [0.29, 0.717) is 0 Å². The molecule has 3 nitrogen and oxygen atoms in total. The first-order valence-electron chi connectivity index (χ1n) is 5.65. The SMILES string of the molecule is CCN(CC)c1ccnc2cc(N)ccc12. The lowest BCUT2D eigenvalue weighted by atomic mass is 10.1. The molecule has 1 heterocycles. The van der Waals surface area contributed by atoms with E-state index in [1.165, 1.54) is 11.1 Å². The molecule has 0 aliphatic heterocycles. The molecule has 2 N–H and O–H groups in total. The van der Waals surface area contributed by atoms with Crippen molar-refractivity contribution in [1.29, 1.82) is 0 Å². The Hall–Kier alpha value is -1.77. The zero-order chi connectivity index (χ0) is 11.5. The van der Waals surface area contributed by atoms with E-state index < -0.39 is 0 Å². The lowest BCUT2D eigenvalue weighted by Gasteiger charge is -2.22. The van der Waals surface area contributed by atoms with Gasteiger partial charge < -0.3 is 10.6 Å². The maximum absolute atomic E-state index is 5.76. The van der Waals surface area contributed by atoms with Gasteiger partial charge in [-0.15, -0.1) is 0 Å². The van der Waals surface area contributed by atoms with Crippen LogP contribution < -0.4 is 10.6 Å². The average Bonchev–Trinajstić information content (AvgIpc) is 2.30. The van der Waals surface area contributed by atoms with Gasteiger partial charge in [-0.1, -0.05) is 0 Å². The predicted molar refractivity (Wildman–Crippen MR) is 69.7 cm³/mol. The standard InChI is InChI=1S/C13H17N3/c1-3-16(4-2)13-7-8-15-12-9-10(14)5-6-11(12)13/h5-9H,3-4,14H2,1-2H3. The molecule has 0 aliphatic rings. The van der Waals surface area contributed by atoms with Crippen LogP contribution in [0.3, 0.4) is 0 Å². The minimum absolute atomic E-state index is 0.761. The van der Waals surface area contributed by atoms with E-state index in [4.69, 9.17) is 5.73 Å². The van der Waals surface area contributed by atoms with Crippen molar-refractivity contribution in [2.24, 2.45) is 0 Å². The van der Waals surface area contributed by atoms with Crippen molar-refractivity contribution in [2.75, 3.05) is 23.7 Å². The molecule has 0 saturated carbocycles. The van der Waals surface area contributed by atoms with E-state index in [1.807, 2.05) is 24.4 Å². The maximum atomic E-state index is 5.76. The molecule has 0 bridgehead atoms. The summed E-state index contributed by atoms with van der Waals surface area (Å²) >= 11 is 0. The number of fused-ring (bicyclic) bond motifs is 1. The molecule has 0 saturated heterocycles. The number of nitrogens with two attached hydrogens (primary N) is 1. The molecule has 0 aliphatic carbocycles. The molecule has 2 rings (SSSR count). The van der Waals surface area contributed by atoms with E-state index >= 15 is 0 Å². The van der Waals surface area contributed by atoms with E-state index in [1.54, 1.807) is 0 Å². The smallest absolute Gasteiger partial charge is 0.0743 e. The Balaban J connectivity index is 2.61. The van der Waals surface area contributed by atoms with Crippen molar-refractivity contribution in [1.82, 2.24) is 4.98 Å². The van der Waals surface area contributed by atoms with Crippen LogP contribution in [-0.2, 0) is 0 Å². The second-order valence-electron chi connectivity index (χ2n) is 3.78. The van der Waals surface area contributed by atoms with Gasteiger partial charge in [0.15, 0.2) is 0 Å². The first-order chi connectivity index (χ1) is 7.76. The molecule has 0 atom stereocenters. The van der Waals surface area contributed by atoms with Crippen LogP contribution >= 0.6 is 0 Å². The van der Waals surface area contributed by atoms with E-state index in [9.17, 15) is 0 Å². The first kappa shape index (κ1) is 10.7. The van der Waals surface area contributed by atoms with E-state index in [2.05, 4.69) is 29.8 Å². The molecular weight excluding hydrogens is 198 g/mol. The number of benzene rings is 1. The van der Waals surface area contributed by atoms with Crippen molar-refractivity contribution in [2.45, 2.75) is 13.8 Å². The largest absolute Gasteiger partial charge is 0.399 e. The van der Waals surface area contributed by atoms with Crippen LogP contribution in [0.4, 0.5) is 11.4 Å². The molecule has 2 aromatic rings. The molecule has 1 aromatic carbocycles. The molecule has 0 spiro atoms. The summed E-state index contributed by atoms with van der Waals surface area (Å²) in [5.74, 6) is 0.